The molecule has 1 aromatic heterocycles. The Morgan fingerprint density at radius 3 is 2.75 bits per heavy atom. The summed E-state index contributed by atoms with van der Waals surface area (Å²) < 4.78 is 10.1. The SMILES string of the molecule is CCOC(=O)Oc1nc2c(c3ccccc13)CCCC2. The summed E-state index contributed by atoms with van der Waals surface area (Å²) in [6.45, 7) is 2.04. The Labute approximate surface area is 117 Å². The van der Waals surface area contributed by atoms with Gasteiger partial charge >= 0.3 is 6.16 Å². The van der Waals surface area contributed by atoms with E-state index in [2.05, 4.69) is 11.1 Å². The van der Waals surface area contributed by atoms with Crippen molar-refractivity contribution in [3.05, 3.63) is 35.5 Å². The lowest BCUT2D eigenvalue weighted by Gasteiger charge is -2.18. The van der Waals surface area contributed by atoms with E-state index < -0.39 is 6.16 Å². The minimum Gasteiger partial charge on any atom is -0.434 e. The van der Waals surface area contributed by atoms with Crippen molar-refractivity contribution in [3.63, 3.8) is 0 Å². The summed E-state index contributed by atoms with van der Waals surface area (Å²) in [7, 11) is 0. The minimum absolute atomic E-state index is 0.293. The Balaban J connectivity index is 2.09. The van der Waals surface area contributed by atoms with E-state index in [9.17, 15) is 4.79 Å². The lowest BCUT2D eigenvalue weighted by Crippen LogP contribution is -2.14. The van der Waals surface area contributed by atoms with Gasteiger partial charge in [-0.2, -0.15) is 0 Å². The van der Waals surface area contributed by atoms with Gasteiger partial charge in [0.2, 0.25) is 5.88 Å². The van der Waals surface area contributed by atoms with Crippen LogP contribution < -0.4 is 4.74 Å². The van der Waals surface area contributed by atoms with Crippen LogP contribution in [0.3, 0.4) is 0 Å². The normalized spacial score (nSPS) is 13.8. The van der Waals surface area contributed by atoms with Crippen molar-refractivity contribution in [2.45, 2.75) is 32.6 Å². The highest BCUT2D eigenvalue weighted by atomic mass is 16.7. The molecule has 20 heavy (non-hydrogen) atoms. The molecule has 0 atom stereocenters. The predicted molar refractivity (Wildman–Crippen MR) is 76.0 cm³/mol. The molecule has 0 unspecified atom stereocenters. The van der Waals surface area contributed by atoms with Crippen molar-refractivity contribution in [2.75, 3.05) is 6.61 Å². The van der Waals surface area contributed by atoms with Gasteiger partial charge < -0.3 is 9.47 Å². The van der Waals surface area contributed by atoms with Gasteiger partial charge in [0.05, 0.1) is 6.61 Å². The lowest BCUT2D eigenvalue weighted by atomic mass is 9.92. The molecule has 0 fully saturated rings. The van der Waals surface area contributed by atoms with Crippen molar-refractivity contribution in [1.82, 2.24) is 4.98 Å². The van der Waals surface area contributed by atoms with Crippen molar-refractivity contribution >= 4 is 16.9 Å². The number of carbonyl (C=O) groups is 1. The lowest BCUT2D eigenvalue weighted by molar-refractivity contribution is 0.103. The molecule has 0 spiro atoms. The largest absolute Gasteiger partial charge is 0.515 e. The molecule has 1 aliphatic rings. The van der Waals surface area contributed by atoms with Gasteiger partial charge in [0.1, 0.15) is 0 Å². The number of fused-ring (bicyclic) bond motifs is 3. The van der Waals surface area contributed by atoms with Gasteiger partial charge in [-0.25, -0.2) is 9.78 Å². The quantitative estimate of drug-likeness (QED) is 0.782. The molecule has 0 saturated carbocycles. The second-order valence-electron chi connectivity index (χ2n) is 4.88. The van der Waals surface area contributed by atoms with E-state index >= 15 is 0 Å². The molecule has 2 aromatic rings. The van der Waals surface area contributed by atoms with Gasteiger partial charge in [-0.1, -0.05) is 18.2 Å². The topological polar surface area (TPSA) is 48.4 Å². The zero-order chi connectivity index (χ0) is 13.9. The van der Waals surface area contributed by atoms with Crippen LogP contribution in [0.15, 0.2) is 24.3 Å². The first-order valence-corrected chi connectivity index (χ1v) is 7.04. The molecule has 0 bridgehead atoms. The van der Waals surface area contributed by atoms with Gasteiger partial charge in [0.25, 0.3) is 0 Å². The zero-order valence-electron chi connectivity index (χ0n) is 11.5. The average Bonchev–Trinajstić information content (AvgIpc) is 2.48. The Kier molecular flexibility index (Phi) is 3.54. The monoisotopic (exact) mass is 271 g/mol. The standard InChI is InChI=1S/C16H17NO3/c1-2-19-16(18)20-15-13-9-4-3-7-11(13)12-8-5-6-10-14(12)17-15/h3-4,7,9H,2,5-6,8,10H2,1H3. The van der Waals surface area contributed by atoms with Crippen molar-refractivity contribution < 1.29 is 14.3 Å². The molecular weight excluding hydrogens is 254 g/mol. The number of carbonyl (C=O) groups excluding carboxylic acids is 1. The number of hydrogen-bond acceptors (Lipinski definition) is 4. The molecule has 4 heteroatoms. The second-order valence-corrected chi connectivity index (χ2v) is 4.88. The summed E-state index contributed by atoms with van der Waals surface area (Å²) in [5.74, 6) is 0.361. The van der Waals surface area contributed by atoms with Crippen LogP contribution in [0.2, 0.25) is 0 Å². The number of nitrogens with zero attached hydrogens (tertiary/aromatic N) is 1. The Hall–Kier alpha value is -2.10. The van der Waals surface area contributed by atoms with Gasteiger partial charge in [0, 0.05) is 11.1 Å². The third-order valence-corrected chi connectivity index (χ3v) is 3.60. The summed E-state index contributed by atoms with van der Waals surface area (Å²) in [4.78, 5) is 16.1. The van der Waals surface area contributed by atoms with E-state index in [1.165, 1.54) is 12.0 Å². The van der Waals surface area contributed by atoms with E-state index in [1.54, 1.807) is 6.92 Å². The smallest absolute Gasteiger partial charge is 0.434 e. The summed E-state index contributed by atoms with van der Waals surface area (Å²) >= 11 is 0. The van der Waals surface area contributed by atoms with Crippen LogP contribution >= 0.6 is 0 Å². The molecule has 3 rings (SSSR count). The third kappa shape index (κ3) is 2.33. The van der Waals surface area contributed by atoms with Gasteiger partial charge in [-0.3, -0.25) is 0 Å². The minimum atomic E-state index is -0.694. The van der Waals surface area contributed by atoms with Crippen LogP contribution in [0, 0.1) is 0 Å². The van der Waals surface area contributed by atoms with Gasteiger partial charge in [-0.15, -0.1) is 0 Å². The first-order valence-electron chi connectivity index (χ1n) is 7.04. The van der Waals surface area contributed by atoms with Crippen LogP contribution in [-0.4, -0.2) is 17.7 Å². The number of benzene rings is 1. The maximum absolute atomic E-state index is 11.5. The third-order valence-electron chi connectivity index (χ3n) is 3.60. The molecule has 1 heterocycles. The molecular formula is C16H17NO3. The molecule has 0 saturated heterocycles. The van der Waals surface area contributed by atoms with Crippen molar-refractivity contribution in [1.29, 1.82) is 0 Å². The molecule has 104 valence electrons. The fourth-order valence-corrected chi connectivity index (χ4v) is 2.72. The maximum Gasteiger partial charge on any atom is 0.515 e. The van der Waals surface area contributed by atoms with Crippen LogP contribution in [-0.2, 0) is 17.6 Å². The summed E-state index contributed by atoms with van der Waals surface area (Å²) in [6, 6.07) is 7.94. The molecule has 0 amide bonds. The van der Waals surface area contributed by atoms with Crippen molar-refractivity contribution in [2.24, 2.45) is 0 Å². The highest BCUT2D eigenvalue weighted by Crippen LogP contribution is 2.32. The fraction of sp³-hybridized carbons (Fsp3) is 0.375. The van der Waals surface area contributed by atoms with E-state index in [4.69, 9.17) is 9.47 Å². The van der Waals surface area contributed by atoms with Crippen LogP contribution in [0.5, 0.6) is 5.88 Å². The number of rotatable bonds is 2. The highest BCUT2D eigenvalue weighted by Gasteiger charge is 2.19. The summed E-state index contributed by atoms with van der Waals surface area (Å²) in [5.41, 5.74) is 2.34. The number of hydrogen-bond donors (Lipinski definition) is 0. The van der Waals surface area contributed by atoms with Crippen LogP contribution in [0.1, 0.15) is 31.0 Å². The number of ether oxygens (including phenoxy) is 2. The Morgan fingerprint density at radius 1 is 1.20 bits per heavy atom. The molecule has 0 radical (unpaired) electrons. The van der Waals surface area contributed by atoms with E-state index in [1.807, 2.05) is 18.2 Å². The molecule has 0 aliphatic heterocycles. The van der Waals surface area contributed by atoms with E-state index in [0.29, 0.717) is 12.5 Å². The molecule has 0 N–H and O–H groups in total. The van der Waals surface area contributed by atoms with Crippen LogP contribution in [0.4, 0.5) is 4.79 Å². The zero-order valence-corrected chi connectivity index (χ0v) is 11.5. The first kappa shape index (κ1) is 12.9. The molecule has 4 nitrogen and oxygen atoms in total. The van der Waals surface area contributed by atoms with E-state index in [-0.39, 0.29) is 0 Å². The second kappa shape index (κ2) is 5.49. The van der Waals surface area contributed by atoms with Gasteiger partial charge in [-0.05, 0) is 49.6 Å². The highest BCUT2D eigenvalue weighted by molar-refractivity contribution is 5.91. The van der Waals surface area contributed by atoms with E-state index in [0.717, 1.165) is 35.7 Å². The number of aromatic nitrogens is 1. The maximum atomic E-state index is 11.5. The summed E-state index contributed by atoms with van der Waals surface area (Å²) in [5, 5.41) is 2.01. The average molecular weight is 271 g/mol. The summed E-state index contributed by atoms with van der Waals surface area (Å²) in [6.07, 6.45) is 3.62. The predicted octanol–water partition coefficient (Wildman–Crippen LogP) is 3.65. The molecule has 1 aromatic carbocycles. The number of aryl methyl sites for hydroxylation is 2. The fourth-order valence-electron chi connectivity index (χ4n) is 2.72. The van der Waals surface area contributed by atoms with Crippen molar-refractivity contribution in [3.8, 4) is 5.88 Å². The number of pyridine rings is 1. The first-order chi connectivity index (χ1) is 9.79. The molecule has 1 aliphatic carbocycles. The van der Waals surface area contributed by atoms with Gasteiger partial charge in [0.15, 0.2) is 0 Å². The van der Waals surface area contributed by atoms with Crippen LogP contribution in [0.25, 0.3) is 10.8 Å². The Morgan fingerprint density at radius 2 is 1.95 bits per heavy atom. The Bertz CT molecular complexity index is 651.